The minimum atomic E-state index is -3.47. The highest BCUT2D eigenvalue weighted by Crippen LogP contribution is 2.22. The molecular formula is C18H21NO3S. The average Bonchev–Trinajstić information content (AvgIpc) is 2.56. The third kappa shape index (κ3) is 3.80. The quantitative estimate of drug-likeness (QED) is 0.865. The first-order valence-corrected chi connectivity index (χ1v) is 9.24. The van der Waals surface area contributed by atoms with E-state index in [1.807, 2.05) is 43.3 Å². The van der Waals surface area contributed by atoms with Gasteiger partial charge in [-0.3, -0.25) is 0 Å². The van der Waals surface area contributed by atoms with Crippen molar-refractivity contribution in [1.82, 2.24) is 4.31 Å². The van der Waals surface area contributed by atoms with Gasteiger partial charge in [0.15, 0.2) is 0 Å². The molecule has 2 atom stereocenters. The van der Waals surface area contributed by atoms with E-state index in [9.17, 15) is 8.42 Å². The molecule has 122 valence electrons. The van der Waals surface area contributed by atoms with Crippen molar-refractivity contribution in [1.29, 1.82) is 0 Å². The minimum absolute atomic E-state index is 0.115. The maximum atomic E-state index is 12.8. The summed E-state index contributed by atoms with van der Waals surface area (Å²) in [5.41, 5.74) is 1.16. The number of hydrogen-bond donors (Lipinski definition) is 0. The van der Waals surface area contributed by atoms with E-state index in [0.29, 0.717) is 24.4 Å². The first kappa shape index (κ1) is 16.2. The van der Waals surface area contributed by atoms with Gasteiger partial charge in [0.2, 0.25) is 10.0 Å². The number of benzene rings is 2. The molecule has 1 heterocycles. The fraction of sp³-hybridized carbons (Fsp3) is 0.333. The first-order valence-electron chi connectivity index (χ1n) is 7.80. The Labute approximate surface area is 137 Å². The number of morpholine rings is 1. The van der Waals surface area contributed by atoms with Gasteiger partial charge in [0.1, 0.15) is 0 Å². The molecule has 0 aromatic heterocycles. The average molecular weight is 331 g/mol. The number of hydrogen-bond acceptors (Lipinski definition) is 3. The molecule has 4 nitrogen and oxygen atoms in total. The van der Waals surface area contributed by atoms with Crippen molar-refractivity contribution in [3.63, 3.8) is 0 Å². The third-order valence-corrected chi connectivity index (χ3v) is 5.83. The molecule has 1 aliphatic heterocycles. The molecule has 1 aliphatic rings. The second-order valence-corrected chi connectivity index (χ2v) is 7.83. The van der Waals surface area contributed by atoms with Crippen LogP contribution >= 0.6 is 0 Å². The van der Waals surface area contributed by atoms with Gasteiger partial charge in [0, 0.05) is 13.1 Å². The lowest BCUT2D eigenvalue weighted by Crippen LogP contribution is -2.49. The van der Waals surface area contributed by atoms with Crippen LogP contribution in [0, 0.1) is 0 Å². The first-order chi connectivity index (χ1) is 11.1. The zero-order valence-corrected chi connectivity index (χ0v) is 13.9. The predicted molar refractivity (Wildman–Crippen MR) is 89.7 cm³/mol. The molecule has 5 heteroatoms. The number of rotatable bonds is 4. The summed E-state index contributed by atoms with van der Waals surface area (Å²) in [6.07, 6.45) is 0.474. The second kappa shape index (κ2) is 6.83. The van der Waals surface area contributed by atoms with E-state index in [1.165, 1.54) is 0 Å². The van der Waals surface area contributed by atoms with E-state index in [1.54, 1.807) is 28.6 Å². The molecule has 1 saturated heterocycles. The van der Waals surface area contributed by atoms with Gasteiger partial charge in [-0.2, -0.15) is 4.31 Å². The van der Waals surface area contributed by atoms with E-state index in [0.717, 1.165) is 5.56 Å². The second-order valence-electron chi connectivity index (χ2n) is 5.89. The van der Waals surface area contributed by atoms with Crippen LogP contribution in [0.3, 0.4) is 0 Å². The summed E-state index contributed by atoms with van der Waals surface area (Å²) in [6.45, 7) is 2.70. The van der Waals surface area contributed by atoms with Crippen molar-refractivity contribution in [2.45, 2.75) is 30.4 Å². The van der Waals surface area contributed by atoms with E-state index in [4.69, 9.17) is 4.74 Å². The van der Waals surface area contributed by atoms with Crippen LogP contribution in [-0.4, -0.2) is 38.0 Å². The Morgan fingerprint density at radius 3 is 2.26 bits per heavy atom. The highest BCUT2D eigenvalue weighted by atomic mass is 32.2. The summed E-state index contributed by atoms with van der Waals surface area (Å²) in [6, 6.07) is 18.6. The zero-order chi connectivity index (χ0) is 16.3. The summed E-state index contributed by atoms with van der Waals surface area (Å²) in [5.74, 6) is 0. The Kier molecular flexibility index (Phi) is 4.80. The van der Waals surface area contributed by atoms with E-state index in [-0.39, 0.29) is 12.2 Å². The lowest BCUT2D eigenvalue weighted by atomic mass is 10.1. The van der Waals surface area contributed by atoms with Crippen LogP contribution < -0.4 is 0 Å². The van der Waals surface area contributed by atoms with Crippen LogP contribution in [-0.2, 0) is 21.2 Å². The van der Waals surface area contributed by atoms with Gasteiger partial charge >= 0.3 is 0 Å². The predicted octanol–water partition coefficient (Wildman–Crippen LogP) is 2.71. The molecule has 0 saturated carbocycles. The van der Waals surface area contributed by atoms with Crippen molar-refractivity contribution in [3.8, 4) is 0 Å². The maximum Gasteiger partial charge on any atom is 0.243 e. The molecule has 2 aromatic rings. The van der Waals surface area contributed by atoms with Crippen LogP contribution in [0.25, 0.3) is 0 Å². The van der Waals surface area contributed by atoms with Gasteiger partial charge < -0.3 is 4.74 Å². The van der Waals surface area contributed by atoms with Crippen LogP contribution in [0.4, 0.5) is 0 Å². The molecule has 3 rings (SSSR count). The Morgan fingerprint density at radius 1 is 1.00 bits per heavy atom. The molecule has 0 radical (unpaired) electrons. The third-order valence-electron chi connectivity index (χ3n) is 3.98. The van der Waals surface area contributed by atoms with E-state index < -0.39 is 10.0 Å². The highest BCUT2D eigenvalue weighted by Gasteiger charge is 2.33. The van der Waals surface area contributed by atoms with E-state index >= 15 is 0 Å². The molecule has 0 amide bonds. The van der Waals surface area contributed by atoms with Gasteiger partial charge in [-0.1, -0.05) is 48.5 Å². The van der Waals surface area contributed by atoms with Crippen LogP contribution in [0.15, 0.2) is 65.6 Å². The van der Waals surface area contributed by atoms with Crippen LogP contribution in [0.1, 0.15) is 12.5 Å². The normalized spacial score (nSPS) is 22.8. The summed E-state index contributed by atoms with van der Waals surface area (Å²) >= 11 is 0. The van der Waals surface area contributed by atoms with Crippen LogP contribution in [0.5, 0.6) is 0 Å². The fourth-order valence-corrected chi connectivity index (χ4v) is 4.50. The SMILES string of the molecule is CC1CN(S(=O)(=O)c2ccccc2)CC(Cc2ccccc2)O1. The van der Waals surface area contributed by atoms with Gasteiger partial charge in [0.05, 0.1) is 17.1 Å². The van der Waals surface area contributed by atoms with E-state index in [2.05, 4.69) is 0 Å². The summed E-state index contributed by atoms with van der Waals surface area (Å²) < 4.78 is 33.1. The molecule has 0 aliphatic carbocycles. The van der Waals surface area contributed by atoms with Gasteiger partial charge in [-0.05, 0) is 31.0 Å². The molecular weight excluding hydrogens is 310 g/mol. The molecule has 1 fully saturated rings. The Bertz CT molecular complexity index is 731. The summed E-state index contributed by atoms with van der Waals surface area (Å²) in [4.78, 5) is 0.340. The largest absolute Gasteiger partial charge is 0.372 e. The standard InChI is InChI=1S/C18H21NO3S/c1-15-13-19(23(20,21)18-10-6-3-7-11-18)14-17(22-15)12-16-8-4-2-5-9-16/h2-11,15,17H,12-14H2,1H3. The smallest absolute Gasteiger partial charge is 0.243 e. The summed E-state index contributed by atoms with van der Waals surface area (Å²) in [5, 5.41) is 0. The van der Waals surface area contributed by atoms with Crippen molar-refractivity contribution in [2.75, 3.05) is 13.1 Å². The van der Waals surface area contributed by atoms with Gasteiger partial charge in [-0.25, -0.2) is 8.42 Å². The molecule has 23 heavy (non-hydrogen) atoms. The Hall–Kier alpha value is -1.69. The Balaban J connectivity index is 1.78. The lowest BCUT2D eigenvalue weighted by molar-refractivity contribution is -0.0529. The van der Waals surface area contributed by atoms with Crippen molar-refractivity contribution in [2.24, 2.45) is 0 Å². The molecule has 0 N–H and O–H groups in total. The van der Waals surface area contributed by atoms with Gasteiger partial charge in [0.25, 0.3) is 0 Å². The zero-order valence-electron chi connectivity index (χ0n) is 13.1. The fourth-order valence-electron chi connectivity index (χ4n) is 2.93. The number of sulfonamides is 1. The van der Waals surface area contributed by atoms with Crippen LogP contribution in [0.2, 0.25) is 0 Å². The van der Waals surface area contributed by atoms with Crippen molar-refractivity contribution < 1.29 is 13.2 Å². The Morgan fingerprint density at radius 2 is 1.61 bits per heavy atom. The monoisotopic (exact) mass is 331 g/mol. The molecule has 0 spiro atoms. The summed E-state index contributed by atoms with van der Waals surface area (Å²) in [7, 11) is -3.47. The molecule has 0 bridgehead atoms. The highest BCUT2D eigenvalue weighted by molar-refractivity contribution is 7.89. The topological polar surface area (TPSA) is 46.6 Å². The minimum Gasteiger partial charge on any atom is -0.372 e. The molecule has 2 unspecified atom stereocenters. The number of ether oxygens (including phenoxy) is 1. The maximum absolute atomic E-state index is 12.8. The van der Waals surface area contributed by atoms with Gasteiger partial charge in [-0.15, -0.1) is 0 Å². The van der Waals surface area contributed by atoms with Crippen molar-refractivity contribution in [3.05, 3.63) is 66.2 Å². The lowest BCUT2D eigenvalue weighted by Gasteiger charge is -2.36. The molecule has 2 aromatic carbocycles. The number of nitrogens with zero attached hydrogens (tertiary/aromatic N) is 1. The van der Waals surface area contributed by atoms with Crippen molar-refractivity contribution >= 4 is 10.0 Å².